The number of hydrogen-bond acceptors (Lipinski definition) is 3. The van der Waals surface area contributed by atoms with Crippen molar-refractivity contribution >= 4 is 5.69 Å². The summed E-state index contributed by atoms with van der Waals surface area (Å²) in [5.74, 6) is -0.559. The molecule has 16 heavy (non-hydrogen) atoms. The van der Waals surface area contributed by atoms with Crippen LogP contribution in [0.1, 0.15) is 0 Å². The summed E-state index contributed by atoms with van der Waals surface area (Å²) in [6, 6.07) is 3.39. The molecule has 1 aliphatic rings. The monoisotopic (exact) mass is 230 g/mol. The van der Waals surface area contributed by atoms with Gasteiger partial charge in [0.15, 0.2) is 18.0 Å². The molecule has 0 radical (unpaired) electrons. The van der Waals surface area contributed by atoms with Crippen LogP contribution in [0.3, 0.4) is 0 Å². The van der Waals surface area contributed by atoms with E-state index < -0.39 is 18.1 Å². The highest BCUT2D eigenvalue weighted by atomic mass is 19.1. The SMILES string of the molecule is O=[NH+]c1ccc(F)cc1O[C@@H]1COC[C@H]1F. The second-order valence-electron chi connectivity index (χ2n) is 3.45. The molecule has 0 amide bonds. The Kier molecular flexibility index (Phi) is 3.09. The lowest BCUT2D eigenvalue weighted by Gasteiger charge is -2.13. The van der Waals surface area contributed by atoms with Crippen LogP contribution in [0.15, 0.2) is 18.2 Å². The van der Waals surface area contributed by atoms with Crippen LogP contribution in [0.2, 0.25) is 0 Å². The fourth-order valence-corrected chi connectivity index (χ4v) is 1.46. The van der Waals surface area contributed by atoms with Crippen LogP contribution >= 0.6 is 0 Å². The average Bonchev–Trinajstić information content (AvgIpc) is 2.65. The van der Waals surface area contributed by atoms with Crippen molar-refractivity contribution in [2.75, 3.05) is 13.2 Å². The molecule has 1 aromatic rings. The fraction of sp³-hybridized carbons (Fsp3) is 0.400. The van der Waals surface area contributed by atoms with E-state index in [0.717, 1.165) is 12.1 Å². The number of halogens is 2. The van der Waals surface area contributed by atoms with Crippen molar-refractivity contribution in [1.82, 2.24) is 0 Å². The third-order valence-corrected chi connectivity index (χ3v) is 2.29. The van der Waals surface area contributed by atoms with Gasteiger partial charge in [-0.2, -0.15) is 0 Å². The molecule has 1 heterocycles. The summed E-state index contributed by atoms with van der Waals surface area (Å²) in [5.41, 5.74) is 0.0699. The van der Waals surface area contributed by atoms with E-state index in [4.69, 9.17) is 9.47 Å². The van der Waals surface area contributed by atoms with E-state index in [-0.39, 0.29) is 24.7 Å². The van der Waals surface area contributed by atoms with Crippen molar-refractivity contribution in [3.05, 3.63) is 28.9 Å². The van der Waals surface area contributed by atoms with Crippen molar-refractivity contribution in [2.24, 2.45) is 0 Å². The smallest absolute Gasteiger partial charge is 0.295 e. The molecule has 6 heteroatoms. The molecule has 0 saturated carbocycles. The number of nitrogens with one attached hydrogen (secondary N) is 1. The lowest BCUT2D eigenvalue weighted by molar-refractivity contribution is -0.380. The van der Waals surface area contributed by atoms with Gasteiger partial charge in [0.2, 0.25) is 0 Å². The van der Waals surface area contributed by atoms with E-state index in [1.54, 1.807) is 5.18 Å². The van der Waals surface area contributed by atoms with E-state index in [0.29, 0.717) is 0 Å². The Morgan fingerprint density at radius 2 is 2.25 bits per heavy atom. The molecule has 0 unspecified atom stereocenters. The van der Waals surface area contributed by atoms with E-state index in [2.05, 4.69) is 0 Å². The lowest BCUT2D eigenvalue weighted by Crippen LogP contribution is -2.56. The van der Waals surface area contributed by atoms with Crippen LogP contribution in [-0.2, 0) is 4.74 Å². The number of alkyl halides is 1. The van der Waals surface area contributed by atoms with E-state index in [1.165, 1.54) is 6.07 Å². The third kappa shape index (κ3) is 2.16. The Bertz CT molecular complexity index is 400. The zero-order valence-electron chi connectivity index (χ0n) is 8.28. The maximum absolute atomic E-state index is 13.2. The molecule has 1 saturated heterocycles. The Labute approximate surface area is 90.1 Å². The zero-order chi connectivity index (χ0) is 11.5. The summed E-state index contributed by atoms with van der Waals surface area (Å²) in [5, 5.41) is 1.61. The molecule has 2 atom stereocenters. The first-order valence-electron chi connectivity index (χ1n) is 4.77. The predicted molar refractivity (Wildman–Crippen MR) is 50.5 cm³/mol. The van der Waals surface area contributed by atoms with E-state index >= 15 is 0 Å². The van der Waals surface area contributed by atoms with Crippen molar-refractivity contribution in [2.45, 2.75) is 12.3 Å². The van der Waals surface area contributed by atoms with Gasteiger partial charge in [-0.25, -0.2) is 8.78 Å². The molecule has 4 nitrogen and oxygen atoms in total. The second-order valence-corrected chi connectivity index (χ2v) is 3.45. The number of ether oxygens (including phenoxy) is 2. The minimum absolute atomic E-state index is 0.00634. The maximum Gasteiger partial charge on any atom is 0.295 e. The third-order valence-electron chi connectivity index (χ3n) is 2.29. The Morgan fingerprint density at radius 1 is 1.44 bits per heavy atom. The van der Waals surface area contributed by atoms with Gasteiger partial charge in [-0.1, -0.05) is 0 Å². The van der Waals surface area contributed by atoms with Gasteiger partial charge in [-0.05, 0) is 6.07 Å². The normalized spacial score (nSPS) is 24.4. The van der Waals surface area contributed by atoms with Crippen LogP contribution in [0, 0.1) is 10.7 Å². The maximum atomic E-state index is 13.2. The van der Waals surface area contributed by atoms with E-state index in [1.807, 2.05) is 0 Å². The second kappa shape index (κ2) is 4.52. The summed E-state index contributed by atoms with van der Waals surface area (Å²) in [4.78, 5) is 10.5. The van der Waals surface area contributed by atoms with Gasteiger partial charge in [0.25, 0.3) is 5.69 Å². The minimum atomic E-state index is -1.26. The first-order valence-corrected chi connectivity index (χ1v) is 4.77. The molecule has 1 N–H and O–H groups in total. The van der Waals surface area contributed by atoms with Gasteiger partial charge in [-0.3, -0.25) is 0 Å². The van der Waals surface area contributed by atoms with Crippen LogP contribution in [0.4, 0.5) is 14.5 Å². The van der Waals surface area contributed by atoms with Crippen molar-refractivity contribution in [3.8, 4) is 5.75 Å². The zero-order valence-corrected chi connectivity index (χ0v) is 8.28. The van der Waals surface area contributed by atoms with Crippen molar-refractivity contribution < 1.29 is 23.4 Å². The summed E-state index contributed by atoms with van der Waals surface area (Å²) < 4.78 is 36.1. The molecule has 0 spiro atoms. The highest BCUT2D eigenvalue weighted by Crippen LogP contribution is 2.25. The Hall–Kier alpha value is -1.56. The van der Waals surface area contributed by atoms with Crippen molar-refractivity contribution in [1.29, 1.82) is 0 Å². The highest BCUT2D eigenvalue weighted by molar-refractivity contribution is 5.45. The Morgan fingerprint density at radius 3 is 2.88 bits per heavy atom. The number of nitroso groups, excluding NO2 is 1. The molecule has 0 aliphatic carbocycles. The summed E-state index contributed by atoms with van der Waals surface area (Å²) in [6.07, 6.45) is -2.06. The molecular formula is C10H10F2NO3+. The molecular weight excluding hydrogens is 220 g/mol. The molecule has 1 aliphatic heterocycles. The summed E-state index contributed by atoms with van der Waals surface area (Å²) in [6.45, 7) is 0.0517. The predicted octanol–water partition coefficient (Wildman–Crippen LogP) is 0.420. The highest BCUT2D eigenvalue weighted by Gasteiger charge is 2.31. The number of rotatable bonds is 3. The summed E-state index contributed by atoms with van der Waals surface area (Å²) in [7, 11) is 0. The van der Waals surface area contributed by atoms with Crippen LogP contribution in [0.5, 0.6) is 5.75 Å². The topological polar surface area (TPSA) is 49.5 Å². The first kappa shape index (κ1) is 10.9. The molecule has 2 rings (SSSR count). The lowest BCUT2D eigenvalue weighted by atomic mass is 10.2. The van der Waals surface area contributed by atoms with Gasteiger partial charge in [0, 0.05) is 22.2 Å². The van der Waals surface area contributed by atoms with Gasteiger partial charge < -0.3 is 9.47 Å². The quantitative estimate of drug-likeness (QED) is 0.818. The van der Waals surface area contributed by atoms with Crippen molar-refractivity contribution in [3.63, 3.8) is 0 Å². The van der Waals surface area contributed by atoms with Gasteiger partial charge in [0.1, 0.15) is 5.82 Å². The largest absolute Gasteiger partial charge is 0.478 e. The molecule has 86 valence electrons. The average molecular weight is 230 g/mol. The Balaban J connectivity index is 2.19. The van der Waals surface area contributed by atoms with Gasteiger partial charge in [-0.15, -0.1) is 0 Å². The fourth-order valence-electron chi connectivity index (χ4n) is 1.46. The molecule has 1 fully saturated rings. The number of hydrogen-bond donors (Lipinski definition) is 1. The van der Waals surface area contributed by atoms with Crippen LogP contribution in [0.25, 0.3) is 0 Å². The minimum Gasteiger partial charge on any atom is -0.478 e. The summed E-state index contributed by atoms with van der Waals surface area (Å²) >= 11 is 0. The van der Waals surface area contributed by atoms with Gasteiger partial charge >= 0.3 is 0 Å². The molecule has 1 aromatic carbocycles. The first-order chi connectivity index (χ1) is 7.70. The van der Waals surface area contributed by atoms with E-state index in [9.17, 15) is 13.7 Å². The van der Waals surface area contributed by atoms with Crippen LogP contribution < -0.4 is 9.91 Å². The van der Waals surface area contributed by atoms with Gasteiger partial charge in [0.05, 0.1) is 13.2 Å². The molecule has 0 bridgehead atoms. The molecule has 0 aromatic heterocycles. The standard InChI is InChI=1S/C10H9F2NO3/c11-6-1-2-8(13-14)9(3-6)16-10-5-15-4-7(10)12/h1-3,7,10H,4-5H2/p+1/t7-,10-/m1/s1. The number of benzene rings is 1. The van der Waals surface area contributed by atoms with Crippen LogP contribution in [-0.4, -0.2) is 25.5 Å².